The summed E-state index contributed by atoms with van der Waals surface area (Å²) in [4.78, 5) is 33.8. The van der Waals surface area contributed by atoms with Crippen molar-refractivity contribution < 1.29 is 19.6 Å². The van der Waals surface area contributed by atoms with Gasteiger partial charge in [0, 0.05) is 18.7 Å². The first-order chi connectivity index (χ1) is 10.7. The van der Waals surface area contributed by atoms with Crippen molar-refractivity contribution in [3.05, 3.63) is 33.9 Å². The fraction of sp³-hybridized carbons (Fsp3) is 0.467. The number of carbonyl (C=O) groups is 2. The largest absolute Gasteiger partial charge is 0.388 e. The van der Waals surface area contributed by atoms with Gasteiger partial charge in [-0.15, -0.1) is 0 Å². The number of nitrogens with one attached hydrogen (secondary N) is 2. The molecule has 0 bridgehead atoms. The Bertz CT molecular complexity index is 653. The third-order valence-electron chi connectivity index (χ3n) is 3.95. The van der Waals surface area contributed by atoms with Gasteiger partial charge in [-0.25, -0.2) is 0 Å². The smallest absolute Gasteiger partial charge is 0.313 e. The Kier molecular flexibility index (Phi) is 4.65. The van der Waals surface area contributed by atoms with Crippen molar-refractivity contribution in [3.8, 4) is 0 Å². The molecule has 1 aromatic rings. The van der Waals surface area contributed by atoms with Crippen LogP contribution in [0.3, 0.4) is 0 Å². The number of non-ortho nitro benzene ring substituents is 1. The summed E-state index contributed by atoms with van der Waals surface area (Å²) < 4.78 is 0. The lowest BCUT2D eigenvalue weighted by molar-refractivity contribution is -0.384. The van der Waals surface area contributed by atoms with Crippen LogP contribution in [-0.4, -0.2) is 34.0 Å². The third-order valence-corrected chi connectivity index (χ3v) is 3.95. The van der Waals surface area contributed by atoms with Gasteiger partial charge in [0.25, 0.3) is 5.69 Å². The Labute approximate surface area is 133 Å². The number of amides is 2. The number of carbonyl (C=O) groups excluding carboxylic acids is 2. The average Bonchev–Trinajstić information content (AvgIpc) is 3.31. The van der Waals surface area contributed by atoms with Crippen molar-refractivity contribution in [2.45, 2.75) is 32.3 Å². The van der Waals surface area contributed by atoms with Crippen molar-refractivity contribution in [2.24, 2.45) is 5.92 Å². The van der Waals surface area contributed by atoms with E-state index in [1.165, 1.54) is 18.2 Å². The standard InChI is InChI=1S/C15H19N3O5/c1-9-3-6-11(18(22)23)7-12(9)17-14(20)13(19)16-8-15(2,21)10-4-5-10/h3,6-7,10,21H,4-5,8H2,1-2H3,(H,16,19)(H,17,20). The van der Waals surface area contributed by atoms with E-state index in [2.05, 4.69) is 10.6 Å². The van der Waals surface area contributed by atoms with Crippen LogP contribution in [0.2, 0.25) is 0 Å². The van der Waals surface area contributed by atoms with Gasteiger partial charge >= 0.3 is 11.8 Å². The molecule has 8 nitrogen and oxygen atoms in total. The lowest BCUT2D eigenvalue weighted by Crippen LogP contribution is -2.45. The Morgan fingerprint density at radius 2 is 2.04 bits per heavy atom. The lowest BCUT2D eigenvalue weighted by Gasteiger charge is -2.23. The van der Waals surface area contributed by atoms with Crippen LogP contribution in [-0.2, 0) is 9.59 Å². The maximum Gasteiger partial charge on any atom is 0.313 e. The first-order valence-electron chi connectivity index (χ1n) is 7.27. The number of rotatable bonds is 5. The van der Waals surface area contributed by atoms with Gasteiger partial charge in [0.15, 0.2) is 0 Å². The number of aryl methyl sites for hydroxylation is 1. The zero-order valence-corrected chi connectivity index (χ0v) is 13.0. The zero-order valence-electron chi connectivity index (χ0n) is 13.0. The van der Waals surface area contributed by atoms with Crippen LogP contribution in [0.1, 0.15) is 25.3 Å². The highest BCUT2D eigenvalue weighted by Crippen LogP contribution is 2.38. The molecule has 3 N–H and O–H groups in total. The summed E-state index contributed by atoms with van der Waals surface area (Å²) >= 11 is 0. The topological polar surface area (TPSA) is 122 Å². The van der Waals surface area contributed by atoms with Gasteiger partial charge < -0.3 is 15.7 Å². The predicted octanol–water partition coefficient (Wildman–Crippen LogP) is 1.12. The van der Waals surface area contributed by atoms with Crippen LogP contribution in [0.15, 0.2) is 18.2 Å². The van der Waals surface area contributed by atoms with Gasteiger partial charge in [0.05, 0.1) is 16.2 Å². The van der Waals surface area contributed by atoms with E-state index in [0.717, 1.165) is 12.8 Å². The molecule has 8 heteroatoms. The number of hydrogen-bond acceptors (Lipinski definition) is 5. The molecule has 1 aromatic carbocycles. The second-order valence-electron chi connectivity index (χ2n) is 6.02. The first-order valence-corrected chi connectivity index (χ1v) is 7.27. The molecule has 1 saturated carbocycles. The van der Waals surface area contributed by atoms with Crippen LogP contribution >= 0.6 is 0 Å². The Balaban J connectivity index is 1.97. The SMILES string of the molecule is Cc1ccc([N+](=O)[O-])cc1NC(=O)C(=O)NCC(C)(O)C1CC1. The molecule has 1 aliphatic rings. The van der Waals surface area contributed by atoms with Gasteiger partial charge in [0.2, 0.25) is 0 Å². The Morgan fingerprint density at radius 1 is 1.39 bits per heavy atom. The minimum Gasteiger partial charge on any atom is -0.388 e. The minimum atomic E-state index is -1.03. The molecule has 124 valence electrons. The van der Waals surface area contributed by atoms with Crippen LogP contribution in [0, 0.1) is 23.0 Å². The van der Waals surface area contributed by atoms with Crippen LogP contribution in [0.4, 0.5) is 11.4 Å². The second kappa shape index (κ2) is 6.33. The van der Waals surface area contributed by atoms with Gasteiger partial charge in [-0.05, 0) is 38.2 Å². The highest BCUT2D eigenvalue weighted by atomic mass is 16.6. The molecule has 2 rings (SSSR count). The molecule has 1 aliphatic carbocycles. The summed E-state index contributed by atoms with van der Waals surface area (Å²) in [6, 6.07) is 4.00. The molecule has 0 radical (unpaired) electrons. The number of hydrogen-bond donors (Lipinski definition) is 3. The van der Waals surface area contributed by atoms with Gasteiger partial charge in [0.1, 0.15) is 0 Å². The molecule has 1 unspecified atom stereocenters. The molecule has 23 heavy (non-hydrogen) atoms. The molecular formula is C15H19N3O5. The van der Waals surface area contributed by atoms with Gasteiger partial charge in [-0.2, -0.15) is 0 Å². The van der Waals surface area contributed by atoms with Gasteiger partial charge in [-0.3, -0.25) is 19.7 Å². The van der Waals surface area contributed by atoms with Crippen LogP contribution < -0.4 is 10.6 Å². The highest BCUT2D eigenvalue weighted by molar-refractivity contribution is 6.39. The van der Waals surface area contributed by atoms with E-state index in [-0.39, 0.29) is 23.8 Å². The van der Waals surface area contributed by atoms with E-state index < -0.39 is 22.3 Å². The summed E-state index contributed by atoms with van der Waals surface area (Å²) in [5.41, 5.74) is -0.407. The van der Waals surface area contributed by atoms with Crippen LogP contribution in [0.25, 0.3) is 0 Å². The van der Waals surface area contributed by atoms with E-state index in [4.69, 9.17) is 0 Å². The monoisotopic (exact) mass is 321 g/mol. The zero-order chi connectivity index (χ0) is 17.2. The third kappa shape index (κ3) is 4.26. The average molecular weight is 321 g/mol. The Morgan fingerprint density at radius 3 is 2.61 bits per heavy atom. The van der Waals surface area contributed by atoms with Crippen molar-refractivity contribution in [1.82, 2.24) is 5.32 Å². The molecule has 1 atom stereocenters. The normalized spacial score (nSPS) is 16.3. The molecule has 0 heterocycles. The predicted molar refractivity (Wildman–Crippen MR) is 82.8 cm³/mol. The van der Waals surface area contributed by atoms with Crippen molar-refractivity contribution >= 4 is 23.2 Å². The number of nitrogens with zero attached hydrogens (tertiary/aromatic N) is 1. The number of nitro benzene ring substituents is 1. The quantitative estimate of drug-likeness (QED) is 0.426. The fourth-order valence-corrected chi connectivity index (χ4v) is 2.23. The van der Waals surface area contributed by atoms with Gasteiger partial charge in [-0.1, -0.05) is 6.07 Å². The maximum absolute atomic E-state index is 11.9. The Hall–Kier alpha value is -2.48. The molecule has 0 spiro atoms. The van der Waals surface area contributed by atoms with Crippen molar-refractivity contribution in [1.29, 1.82) is 0 Å². The lowest BCUT2D eigenvalue weighted by atomic mass is 10.0. The number of anilines is 1. The van der Waals surface area contributed by atoms with Crippen molar-refractivity contribution in [3.63, 3.8) is 0 Å². The molecule has 1 fully saturated rings. The van der Waals surface area contributed by atoms with E-state index in [9.17, 15) is 24.8 Å². The molecule has 0 aromatic heterocycles. The maximum atomic E-state index is 11.9. The van der Waals surface area contributed by atoms with Crippen LogP contribution in [0.5, 0.6) is 0 Å². The summed E-state index contributed by atoms with van der Waals surface area (Å²) in [7, 11) is 0. The van der Waals surface area contributed by atoms with Crippen molar-refractivity contribution in [2.75, 3.05) is 11.9 Å². The first kappa shape index (κ1) is 16.9. The minimum absolute atomic E-state index is 0.0160. The second-order valence-corrected chi connectivity index (χ2v) is 6.02. The number of aliphatic hydroxyl groups is 1. The number of benzene rings is 1. The molecule has 0 saturated heterocycles. The molecule has 2 amide bonds. The summed E-state index contributed by atoms with van der Waals surface area (Å²) in [5, 5.41) is 25.6. The fourth-order valence-electron chi connectivity index (χ4n) is 2.23. The highest BCUT2D eigenvalue weighted by Gasteiger charge is 2.40. The summed E-state index contributed by atoms with van der Waals surface area (Å²) in [5.74, 6) is -1.68. The van der Waals surface area contributed by atoms with E-state index >= 15 is 0 Å². The van der Waals surface area contributed by atoms with E-state index in [0.29, 0.717) is 5.56 Å². The molecular weight excluding hydrogens is 302 g/mol. The van der Waals surface area contributed by atoms with E-state index in [1.807, 2.05) is 0 Å². The summed E-state index contributed by atoms with van der Waals surface area (Å²) in [6.07, 6.45) is 1.81. The summed E-state index contributed by atoms with van der Waals surface area (Å²) in [6.45, 7) is 3.26. The van der Waals surface area contributed by atoms with E-state index in [1.54, 1.807) is 13.8 Å². The number of nitro groups is 1. The molecule has 0 aliphatic heterocycles.